The first-order valence-electron chi connectivity index (χ1n) is 5.75. The van der Waals surface area contributed by atoms with Crippen LogP contribution in [0.4, 0.5) is 0 Å². The standard InChI is InChI=1S/C13H15BrO3/c1-7-8-4-2-3-5-9(8)12(14)13(17)10(7)6-11(15)16/h17H,2-6H2,1H3,(H,15,16). The predicted molar refractivity (Wildman–Crippen MR) is 68.5 cm³/mol. The van der Waals surface area contributed by atoms with Gasteiger partial charge in [-0.3, -0.25) is 4.79 Å². The molecule has 0 aromatic heterocycles. The van der Waals surface area contributed by atoms with Crippen LogP contribution < -0.4 is 0 Å². The molecule has 4 heteroatoms. The van der Waals surface area contributed by atoms with E-state index in [1.54, 1.807) is 0 Å². The second-order valence-corrected chi connectivity index (χ2v) is 5.29. The van der Waals surface area contributed by atoms with Gasteiger partial charge >= 0.3 is 5.97 Å². The van der Waals surface area contributed by atoms with E-state index in [0.717, 1.165) is 36.8 Å². The summed E-state index contributed by atoms with van der Waals surface area (Å²) in [4.78, 5) is 10.8. The molecule has 0 radical (unpaired) electrons. The Bertz CT molecular complexity index is 480. The van der Waals surface area contributed by atoms with Gasteiger partial charge in [0.25, 0.3) is 0 Å². The first kappa shape index (κ1) is 12.4. The van der Waals surface area contributed by atoms with Crippen LogP contribution in [-0.2, 0) is 24.1 Å². The molecule has 0 bridgehead atoms. The number of benzene rings is 1. The third kappa shape index (κ3) is 2.18. The number of aliphatic carboxylic acids is 1. The van der Waals surface area contributed by atoms with Gasteiger partial charge in [0.15, 0.2) is 0 Å². The highest BCUT2D eigenvalue weighted by molar-refractivity contribution is 9.10. The number of hydrogen-bond acceptors (Lipinski definition) is 2. The van der Waals surface area contributed by atoms with Crippen molar-refractivity contribution in [1.82, 2.24) is 0 Å². The van der Waals surface area contributed by atoms with Gasteiger partial charge in [0, 0.05) is 5.56 Å². The Morgan fingerprint density at radius 1 is 1.29 bits per heavy atom. The maximum absolute atomic E-state index is 10.8. The molecule has 0 spiro atoms. The summed E-state index contributed by atoms with van der Waals surface area (Å²) in [6.45, 7) is 1.91. The van der Waals surface area contributed by atoms with E-state index in [1.165, 1.54) is 5.56 Å². The average molecular weight is 299 g/mol. The predicted octanol–water partition coefficient (Wildman–Crippen LogP) is 2.97. The second kappa shape index (κ2) is 4.69. The van der Waals surface area contributed by atoms with E-state index in [-0.39, 0.29) is 12.2 Å². The SMILES string of the molecule is Cc1c(CC(=O)O)c(O)c(Br)c2c1CCCC2. The summed E-state index contributed by atoms with van der Waals surface area (Å²) in [5.41, 5.74) is 3.87. The maximum atomic E-state index is 10.8. The van der Waals surface area contributed by atoms with E-state index in [0.29, 0.717) is 10.0 Å². The van der Waals surface area contributed by atoms with Gasteiger partial charge in [-0.1, -0.05) is 0 Å². The number of phenols is 1. The molecule has 1 aromatic rings. The summed E-state index contributed by atoms with van der Waals surface area (Å²) in [6.07, 6.45) is 4.08. The molecule has 17 heavy (non-hydrogen) atoms. The Kier molecular flexibility index (Phi) is 3.43. The largest absolute Gasteiger partial charge is 0.506 e. The minimum atomic E-state index is -0.911. The molecule has 2 N–H and O–H groups in total. The van der Waals surface area contributed by atoms with Gasteiger partial charge < -0.3 is 10.2 Å². The van der Waals surface area contributed by atoms with Crippen molar-refractivity contribution in [2.45, 2.75) is 39.0 Å². The van der Waals surface area contributed by atoms with Crippen LogP contribution in [0.3, 0.4) is 0 Å². The fraction of sp³-hybridized carbons (Fsp3) is 0.462. The summed E-state index contributed by atoms with van der Waals surface area (Å²) < 4.78 is 0.689. The van der Waals surface area contributed by atoms with E-state index in [4.69, 9.17) is 5.11 Å². The minimum absolute atomic E-state index is 0.102. The van der Waals surface area contributed by atoms with Crippen molar-refractivity contribution in [3.8, 4) is 5.75 Å². The Morgan fingerprint density at radius 2 is 1.88 bits per heavy atom. The van der Waals surface area contributed by atoms with Gasteiger partial charge in [0.05, 0.1) is 10.9 Å². The first-order valence-corrected chi connectivity index (χ1v) is 6.55. The molecule has 0 saturated carbocycles. The minimum Gasteiger partial charge on any atom is -0.506 e. The zero-order valence-corrected chi connectivity index (χ0v) is 11.3. The summed E-state index contributed by atoms with van der Waals surface area (Å²) >= 11 is 3.40. The van der Waals surface area contributed by atoms with E-state index >= 15 is 0 Å². The van der Waals surface area contributed by atoms with Gasteiger partial charge in [0.2, 0.25) is 0 Å². The molecule has 0 heterocycles. The van der Waals surface area contributed by atoms with Gasteiger partial charge in [-0.05, 0) is 65.2 Å². The number of aromatic hydroxyl groups is 1. The zero-order valence-electron chi connectivity index (χ0n) is 9.72. The maximum Gasteiger partial charge on any atom is 0.307 e. The number of carbonyl (C=O) groups is 1. The first-order chi connectivity index (χ1) is 8.02. The van der Waals surface area contributed by atoms with Crippen molar-refractivity contribution in [3.05, 3.63) is 26.7 Å². The summed E-state index contributed by atoms with van der Waals surface area (Å²) in [7, 11) is 0. The molecular weight excluding hydrogens is 284 g/mol. The van der Waals surface area contributed by atoms with Crippen molar-refractivity contribution in [3.63, 3.8) is 0 Å². The van der Waals surface area contributed by atoms with Crippen LogP contribution in [0.5, 0.6) is 5.75 Å². The number of carboxylic acids is 1. The lowest BCUT2D eigenvalue weighted by atomic mass is 9.85. The van der Waals surface area contributed by atoms with Crippen LogP contribution >= 0.6 is 15.9 Å². The number of halogens is 1. The number of fused-ring (bicyclic) bond motifs is 1. The highest BCUT2D eigenvalue weighted by Crippen LogP contribution is 2.40. The smallest absolute Gasteiger partial charge is 0.307 e. The van der Waals surface area contributed by atoms with Crippen LogP contribution in [-0.4, -0.2) is 16.2 Å². The summed E-state index contributed by atoms with van der Waals surface area (Å²) in [5.74, 6) is -0.809. The van der Waals surface area contributed by atoms with E-state index in [9.17, 15) is 9.90 Å². The Labute approximate surface area is 109 Å². The van der Waals surface area contributed by atoms with Crippen LogP contribution in [0.1, 0.15) is 35.1 Å². The third-order valence-corrected chi connectivity index (χ3v) is 4.31. The summed E-state index contributed by atoms with van der Waals surface area (Å²) in [5, 5.41) is 19.0. The molecule has 0 atom stereocenters. The number of hydrogen-bond donors (Lipinski definition) is 2. The van der Waals surface area contributed by atoms with E-state index in [2.05, 4.69) is 15.9 Å². The topological polar surface area (TPSA) is 57.5 Å². The van der Waals surface area contributed by atoms with Crippen LogP contribution in [0, 0.1) is 6.92 Å². The quantitative estimate of drug-likeness (QED) is 0.882. The lowest BCUT2D eigenvalue weighted by Gasteiger charge is -2.23. The molecule has 3 nitrogen and oxygen atoms in total. The van der Waals surface area contributed by atoms with E-state index < -0.39 is 5.97 Å². The number of phenolic OH excluding ortho intramolecular Hbond substituents is 1. The lowest BCUT2D eigenvalue weighted by Crippen LogP contribution is -2.11. The number of rotatable bonds is 2. The Morgan fingerprint density at radius 3 is 2.47 bits per heavy atom. The fourth-order valence-electron chi connectivity index (χ4n) is 2.56. The van der Waals surface area contributed by atoms with Gasteiger partial charge in [-0.25, -0.2) is 0 Å². The fourth-order valence-corrected chi connectivity index (χ4v) is 3.24. The molecule has 1 aliphatic carbocycles. The lowest BCUT2D eigenvalue weighted by molar-refractivity contribution is -0.136. The molecule has 2 rings (SSSR count). The molecule has 0 amide bonds. The van der Waals surface area contributed by atoms with Gasteiger partial charge in [0.1, 0.15) is 5.75 Å². The van der Waals surface area contributed by atoms with Crippen LogP contribution in [0.2, 0.25) is 0 Å². The summed E-state index contributed by atoms with van der Waals surface area (Å²) in [6, 6.07) is 0. The van der Waals surface area contributed by atoms with Crippen molar-refractivity contribution in [2.24, 2.45) is 0 Å². The molecule has 1 aliphatic rings. The van der Waals surface area contributed by atoms with Crippen molar-refractivity contribution < 1.29 is 15.0 Å². The molecule has 1 aromatic carbocycles. The van der Waals surface area contributed by atoms with Crippen LogP contribution in [0.25, 0.3) is 0 Å². The third-order valence-electron chi connectivity index (χ3n) is 3.46. The average Bonchev–Trinajstić information content (AvgIpc) is 2.31. The van der Waals surface area contributed by atoms with Crippen molar-refractivity contribution in [1.29, 1.82) is 0 Å². The molecule has 0 aliphatic heterocycles. The number of carboxylic acid groups (broad SMARTS) is 1. The Balaban J connectivity index is 2.61. The zero-order chi connectivity index (χ0) is 12.6. The Hall–Kier alpha value is -1.03. The molecular formula is C13H15BrO3. The van der Waals surface area contributed by atoms with Crippen molar-refractivity contribution in [2.75, 3.05) is 0 Å². The van der Waals surface area contributed by atoms with Crippen molar-refractivity contribution >= 4 is 21.9 Å². The highest BCUT2D eigenvalue weighted by atomic mass is 79.9. The molecule has 0 fully saturated rings. The normalized spacial score (nSPS) is 14.5. The van der Waals surface area contributed by atoms with Crippen LogP contribution in [0.15, 0.2) is 4.47 Å². The van der Waals surface area contributed by atoms with Gasteiger partial charge in [-0.2, -0.15) is 0 Å². The molecule has 0 saturated heterocycles. The molecule has 92 valence electrons. The highest BCUT2D eigenvalue weighted by Gasteiger charge is 2.22. The monoisotopic (exact) mass is 298 g/mol. The van der Waals surface area contributed by atoms with Gasteiger partial charge in [-0.15, -0.1) is 0 Å². The molecule has 0 unspecified atom stereocenters. The van der Waals surface area contributed by atoms with E-state index in [1.807, 2.05) is 6.92 Å². The second-order valence-electron chi connectivity index (χ2n) is 4.50.